The normalized spacial score (nSPS) is 30.4. The maximum absolute atomic E-state index is 13.6. The van der Waals surface area contributed by atoms with Gasteiger partial charge in [-0.15, -0.1) is 0 Å². The Morgan fingerprint density at radius 2 is 2.03 bits per heavy atom. The summed E-state index contributed by atoms with van der Waals surface area (Å²) in [6.45, 7) is 2.82. The summed E-state index contributed by atoms with van der Waals surface area (Å²) in [6.07, 6.45) is 2.88. The average molecular weight is 445 g/mol. The lowest BCUT2D eigenvalue weighted by molar-refractivity contribution is -0.154. The molecule has 0 radical (unpaired) electrons. The van der Waals surface area contributed by atoms with Crippen molar-refractivity contribution in [3.8, 4) is 0 Å². The van der Waals surface area contributed by atoms with Gasteiger partial charge in [-0.1, -0.05) is 30.3 Å². The number of hydrogen-bond donors (Lipinski definition) is 2. The summed E-state index contributed by atoms with van der Waals surface area (Å²) in [5.41, 5.74) is -0.0218. The first-order valence-electron chi connectivity index (χ1n) is 11.6. The van der Waals surface area contributed by atoms with Gasteiger partial charge < -0.3 is 24.8 Å². The molecular weight excluding hydrogens is 412 g/mol. The van der Waals surface area contributed by atoms with Crippen molar-refractivity contribution in [3.05, 3.63) is 35.9 Å². The molecule has 3 heterocycles. The Balaban J connectivity index is 1.58. The highest BCUT2D eigenvalue weighted by atomic mass is 16.6. The number of benzene rings is 1. The number of aliphatic hydroxyl groups is 1. The fourth-order valence-corrected chi connectivity index (χ4v) is 5.65. The molecule has 8 nitrogen and oxygen atoms in total. The number of ether oxygens (including phenoxy) is 2. The summed E-state index contributed by atoms with van der Waals surface area (Å²) < 4.78 is 11.6. The SMILES string of the molecule is CCOC(=O)[C@@H]1[C@@H]2CC[C@]3(O2)[C@H](C(=O)NCc2ccccc2)N(CCCCCO)C(=O)[C@@H]13. The molecule has 3 fully saturated rings. The van der Waals surface area contributed by atoms with E-state index in [0.717, 1.165) is 12.0 Å². The van der Waals surface area contributed by atoms with Gasteiger partial charge in [0.15, 0.2) is 0 Å². The number of likely N-dealkylation sites (tertiary alicyclic amines) is 1. The zero-order valence-corrected chi connectivity index (χ0v) is 18.5. The van der Waals surface area contributed by atoms with Crippen LogP contribution in [0.5, 0.6) is 0 Å². The molecule has 5 atom stereocenters. The zero-order valence-electron chi connectivity index (χ0n) is 18.5. The molecule has 0 unspecified atom stereocenters. The molecule has 2 N–H and O–H groups in total. The van der Waals surface area contributed by atoms with Crippen molar-refractivity contribution in [3.63, 3.8) is 0 Å². The molecule has 1 aromatic rings. The Kier molecular flexibility index (Phi) is 6.81. The van der Waals surface area contributed by atoms with E-state index in [2.05, 4.69) is 5.32 Å². The number of hydrogen-bond acceptors (Lipinski definition) is 6. The van der Waals surface area contributed by atoms with Crippen LogP contribution in [0.15, 0.2) is 30.3 Å². The molecule has 1 spiro atoms. The fourth-order valence-electron chi connectivity index (χ4n) is 5.65. The minimum Gasteiger partial charge on any atom is -0.466 e. The Bertz CT molecular complexity index is 846. The highest BCUT2D eigenvalue weighted by molar-refractivity contribution is 5.98. The van der Waals surface area contributed by atoms with E-state index in [9.17, 15) is 14.4 Å². The number of aliphatic hydroxyl groups excluding tert-OH is 1. The second-order valence-electron chi connectivity index (χ2n) is 8.83. The molecule has 32 heavy (non-hydrogen) atoms. The summed E-state index contributed by atoms with van der Waals surface area (Å²) in [7, 11) is 0. The first-order chi connectivity index (χ1) is 15.5. The van der Waals surface area contributed by atoms with E-state index in [4.69, 9.17) is 14.6 Å². The van der Waals surface area contributed by atoms with Crippen LogP contribution in [0.1, 0.15) is 44.6 Å². The smallest absolute Gasteiger partial charge is 0.312 e. The van der Waals surface area contributed by atoms with Crippen LogP contribution >= 0.6 is 0 Å². The number of nitrogens with one attached hydrogen (secondary N) is 1. The summed E-state index contributed by atoms with van der Waals surface area (Å²) >= 11 is 0. The van der Waals surface area contributed by atoms with Gasteiger partial charge in [0.25, 0.3) is 0 Å². The van der Waals surface area contributed by atoms with E-state index in [1.165, 1.54) is 0 Å². The van der Waals surface area contributed by atoms with Crippen LogP contribution in [-0.2, 0) is 30.4 Å². The van der Waals surface area contributed by atoms with Gasteiger partial charge in [-0.3, -0.25) is 14.4 Å². The van der Waals surface area contributed by atoms with E-state index in [-0.39, 0.29) is 31.1 Å². The molecule has 1 aromatic carbocycles. The molecule has 3 saturated heterocycles. The highest BCUT2D eigenvalue weighted by Gasteiger charge is 2.74. The molecule has 174 valence electrons. The third kappa shape index (κ3) is 3.90. The Hall–Kier alpha value is -2.45. The first kappa shape index (κ1) is 22.7. The summed E-state index contributed by atoms with van der Waals surface area (Å²) in [4.78, 5) is 41.3. The monoisotopic (exact) mass is 444 g/mol. The number of carbonyl (C=O) groups excluding carboxylic acids is 3. The summed E-state index contributed by atoms with van der Waals surface area (Å²) in [5, 5.41) is 12.1. The van der Waals surface area contributed by atoms with Crippen LogP contribution < -0.4 is 5.32 Å². The van der Waals surface area contributed by atoms with Crippen molar-refractivity contribution in [1.29, 1.82) is 0 Å². The second kappa shape index (κ2) is 9.58. The number of rotatable bonds is 10. The van der Waals surface area contributed by atoms with E-state index < -0.39 is 29.4 Å². The van der Waals surface area contributed by atoms with Gasteiger partial charge in [0.05, 0.1) is 24.5 Å². The molecule has 4 rings (SSSR count). The van der Waals surface area contributed by atoms with Crippen LogP contribution in [0.25, 0.3) is 0 Å². The molecule has 2 amide bonds. The predicted molar refractivity (Wildman–Crippen MR) is 115 cm³/mol. The van der Waals surface area contributed by atoms with Crippen molar-refractivity contribution in [2.45, 2.75) is 63.3 Å². The third-order valence-corrected chi connectivity index (χ3v) is 6.97. The average Bonchev–Trinajstić information content (AvgIpc) is 3.43. The lowest BCUT2D eigenvalue weighted by atomic mass is 9.71. The standard InChI is InChI=1S/C24H32N2O6/c1-2-31-23(30)18-17-11-12-24(32-17)19(18)22(29)26(13-7-4-8-14-27)20(24)21(28)25-15-16-9-5-3-6-10-16/h3,5-6,9-10,17-20,27H,2,4,7-8,11-15H2,1H3,(H,25,28)/t17-,18+,19+,20-,24+/m0/s1. The molecule has 0 aliphatic carbocycles. The molecular formula is C24H32N2O6. The molecule has 2 bridgehead atoms. The molecule has 0 saturated carbocycles. The number of esters is 1. The maximum Gasteiger partial charge on any atom is 0.312 e. The molecule has 3 aliphatic rings. The van der Waals surface area contributed by atoms with E-state index in [1.54, 1.807) is 11.8 Å². The van der Waals surface area contributed by atoms with Gasteiger partial charge in [-0.25, -0.2) is 0 Å². The predicted octanol–water partition coefficient (Wildman–Crippen LogP) is 1.40. The van der Waals surface area contributed by atoms with Crippen molar-refractivity contribution >= 4 is 17.8 Å². The van der Waals surface area contributed by atoms with Gasteiger partial charge >= 0.3 is 5.97 Å². The second-order valence-corrected chi connectivity index (χ2v) is 8.83. The highest BCUT2D eigenvalue weighted by Crippen LogP contribution is 2.58. The number of amides is 2. The van der Waals surface area contributed by atoms with Crippen LogP contribution in [0.2, 0.25) is 0 Å². The lowest BCUT2D eigenvalue weighted by Gasteiger charge is -2.33. The Morgan fingerprint density at radius 3 is 2.75 bits per heavy atom. The molecule has 8 heteroatoms. The Morgan fingerprint density at radius 1 is 1.25 bits per heavy atom. The zero-order chi connectivity index (χ0) is 22.7. The van der Waals surface area contributed by atoms with Crippen LogP contribution in [-0.4, -0.2) is 65.3 Å². The number of fused-ring (bicyclic) bond motifs is 1. The lowest BCUT2D eigenvalue weighted by Crippen LogP contribution is -2.55. The minimum absolute atomic E-state index is 0.0945. The fraction of sp³-hybridized carbons (Fsp3) is 0.625. The van der Waals surface area contributed by atoms with Crippen LogP contribution in [0.3, 0.4) is 0 Å². The Labute approximate surface area is 188 Å². The van der Waals surface area contributed by atoms with Gasteiger partial charge in [0.1, 0.15) is 11.6 Å². The minimum atomic E-state index is -0.989. The van der Waals surface area contributed by atoms with Crippen molar-refractivity contribution in [2.75, 3.05) is 19.8 Å². The van der Waals surface area contributed by atoms with Gasteiger partial charge in [-0.05, 0) is 44.6 Å². The van der Waals surface area contributed by atoms with E-state index in [0.29, 0.717) is 38.8 Å². The number of unbranched alkanes of at least 4 members (excludes halogenated alkanes) is 2. The quantitative estimate of drug-likeness (QED) is 0.418. The number of nitrogens with zero attached hydrogens (tertiary/aromatic N) is 1. The maximum atomic E-state index is 13.6. The third-order valence-electron chi connectivity index (χ3n) is 6.97. The number of carbonyl (C=O) groups is 3. The van der Waals surface area contributed by atoms with Gasteiger partial charge in [0.2, 0.25) is 11.8 Å². The van der Waals surface area contributed by atoms with Crippen LogP contribution in [0.4, 0.5) is 0 Å². The van der Waals surface area contributed by atoms with Gasteiger partial charge in [0, 0.05) is 19.7 Å². The summed E-state index contributed by atoms with van der Waals surface area (Å²) in [6, 6.07) is 8.83. The van der Waals surface area contributed by atoms with E-state index >= 15 is 0 Å². The van der Waals surface area contributed by atoms with Crippen molar-refractivity contribution in [2.24, 2.45) is 11.8 Å². The van der Waals surface area contributed by atoms with Gasteiger partial charge in [-0.2, -0.15) is 0 Å². The summed E-state index contributed by atoms with van der Waals surface area (Å²) in [5.74, 6) is -2.22. The van der Waals surface area contributed by atoms with Crippen LogP contribution in [0, 0.1) is 11.8 Å². The molecule has 3 aliphatic heterocycles. The first-order valence-corrected chi connectivity index (χ1v) is 11.6. The topological polar surface area (TPSA) is 105 Å². The van der Waals surface area contributed by atoms with Crippen molar-refractivity contribution < 1.29 is 29.0 Å². The largest absolute Gasteiger partial charge is 0.466 e. The molecule has 0 aromatic heterocycles. The van der Waals surface area contributed by atoms with E-state index in [1.807, 2.05) is 30.3 Å². The van der Waals surface area contributed by atoms with Crippen molar-refractivity contribution in [1.82, 2.24) is 10.2 Å².